The average Bonchev–Trinajstić information content (AvgIpc) is 2.78. The van der Waals surface area contributed by atoms with Crippen LogP contribution in [0.15, 0.2) is 0 Å². The molecule has 0 aromatic carbocycles. The van der Waals surface area contributed by atoms with Crippen molar-refractivity contribution in [3.63, 3.8) is 0 Å². The summed E-state index contributed by atoms with van der Waals surface area (Å²) < 4.78 is 0. The van der Waals surface area contributed by atoms with Crippen LogP contribution in [-0.4, -0.2) is 24.5 Å². The van der Waals surface area contributed by atoms with Crippen LogP contribution in [0.25, 0.3) is 0 Å². The Labute approximate surface area is 98.4 Å². The van der Waals surface area contributed by atoms with Crippen molar-refractivity contribution < 1.29 is 4.79 Å². The molecule has 1 heterocycles. The molecule has 1 amide bonds. The maximum Gasteiger partial charge on any atom is 0.237 e. The van der Waals surface area contributed by atoms with Crippen molar-refractivity contribution in [1.82, 2.24) is 10.6 Å². The molecule has 0 aromatic heterocycles. The summed E-state index contributed by atoms with van der Waals surface area (Å²) in [6.45, 7) is 5.57. The van der Waals surface area contributed by atoms with Gasteiger partial charge in [-0.3, -0.25) is 4.79 Å². The van der Waals surface area contributed by atoms with E-state index in [1.165, 1.54) is 12.8 Å². The predicted molar refractivity (Wildman–Crippen MR) is 65.1 cm³/mol. The van der Waals surface area contributed by atoms with Gasteiger partial charge < -0.3 is 10.6 Å². The molecule has 3 heteroatoms. The van der Waals surface area contributed by atoms with Crippen molar-refractivity contribution in [2.24, 2.45) is 11.8 Å². The first kappa shape index (κ1) is 11.9. The lowest BCUT2D eigenvalue weighted by atomic mass is 9.78. The highest BCUT2D eigenvalue weighted by Gasteiger charge is 2.30. The monoisotopic (exact) mass is 224 g/mol. The first-order valence-electron chi connectivity index (χ1n) is 6.72. The summed E-state index contributed by atoms with van der Waals surface area (Å²) in [4.78, 5) is 12.0. The highest BCUT2D eigenvalue weighted by molar-refractivity contribution is 5.82. The van der Waals surface area contributed by atoms with Crippen molar-refractivity contribution in [2.75, 3.05) is 6.54 Å². The first-order chi connectivity index (χ1) is 7.68. The van der Waals surface area contributed by atoms with Crippen LogP contribution in [-0.2, 0) is 4.79 Å². The summed E-state index contributed by atoms with van der Waals surface area (Å²) >= 11 is 0. The Morgan fingerprint density at radius 1 is 1.19 bits per heavy atom. The van der Waals surface area contributed by atoms with Gasteiger partial charge in [-0.2, -0.15) is 0 Å². The minimum atomic E-state index is 0.0735. The van der Waals surface area contributed by atoms with E-state index in [1.54, 1.807) is 0 Å². The van der Waals surface area contributed by atoms with Gasteiger partial charge in [0, 0.05) is 6.04 Å². The quantitative estimate of drug-likeness (QED) is 0.749. The third-order valence-corrected chi connectivity index (χ3v) is 4.41. The van der Waals surface area contributed by atoms with E-state index in [4.69, 9.17) is 0 Å². The molecule has 1 aliphatic carbocycles. The van der Waals surface area contributed by atoms with Gasteiger partial charge in [-0.1, -0.05) is 26.7 Å². The zero-order valence-electron chi connectivity index (χ0n) is 10.5. The minimum absolute atomic E-state index is 0.0735. The van der Waals surface area contributed by atoms with E-state index in [2.05, 4.69) is 24.5 Å². The molecule has 1 saturated heterocycles. The number of carbonyl (C=O) groups is 1. The van der Waals surface area contributed by atoms with Gasteiger partial charge in [0.25, 0.3) is 0 Å². The van der Waals surface area contributed by atoms with E-state index in [9.17, 15) is 4.79 Å². The Morgan fingerprint density at radius 2 is 2.00 bits per heavy atom. The van der Waals surface area contributed by atoms with Crippen molar-refractivity contribution in [2.45, 2.75) is 58.0 Å². The van der Waals surface area contributed by atoms with E-state index < -0.39 is 0 Å². The van der Waals surface area contributed by atoms with Gasteiger partial charge >= 0.3 is 0 Å². The molecule has 2 fully saturated rings. The van der Waals surface area contributed by atoms with E-state index in [1.807, 2.05) is 0 Å². The highest BCUT2D eigenvalue weighted by atomic mass is 16.2. The maximum absolute atomic E-state index is 12.0. The van der Waals surface area contributed by atoms with Crippen LogP contribution in [0.2, 0.25) is 0 Å². The molecular weight excluding hydrogens is 200 g/mol. The lowest BCUT2D eigenvalue weighted by Gasteiger charge is -2.35. The molecule has 2 rings (SSSR count). The van der Waals surface area contributed by atoms with Crippen LogP contribution in [0.5, 0.6) is 0 Å². The van der Waals surface area contributed by atoms with E-state index in [0.717, 1.165) is 31.7 Å². The first-order valence-corrected chi connectivity index (χ1v) is 6.72. The average molecular weight is 224 g/mol. The summed E-state index contributed by atoms with van der Waals surface area (Å²) in [7, 11) is 0. The normalized spacial score (nSPS) is 39.6. The van der Waals surface area contributed by atoms with Gasteiger partial charge in [-0.25, -0.2) is 0 Å². The van der Waals surface area contributed by atoms with Gasteiger partial charge in [0.05, 0.1) is 6.04 Å². The van der Waals surface area contributed by atoms with Crippen LogP contribution in [0.3, 0.4) is 0 Å². The standard InChI is InChI=1S/C13H24N2O/c1-9-5-3-6-11(10(9)2)15-13(16)12-7-4-8-14-12/h9-12,14H,3-8H2,1-2H3,(H,15,16). The molecule has 1 saturated carbocycles. The SMILES string of the molecule is CC1CCCC(NC(=O)C2CCCN2)C1C. The summed E-state index contributed by atoms with van der Waals surface area (Å²) in [5, 5.41) is 6.50. The zero-order chi connectivity index (χ0) is 11.5. The van der Waals surface area contributed by atoms with Crippen molar-refractivity contribution in [3.05, 3.63) is 0 Å². The summed E-state index contributed by atoms with van der Waals surface area (Å²) in [5.41, 5.74) is 0. The molecule has 1 aliphatic heterocycles. The fraction of sp³-hybridized carbons (Fsp3) is 0.923. The molecule has 4 atom stereocenters. The van der Waals surface area contributed by atoms with Gasteiger partial charge in [0.2, 0.25) is 5.91 Å². The lowest BCUT2D eigenvalue weighted by molar-refractivity contribution is -0.124. The number of hydrogen-bond donors (Lipinski definition) is 2. The van der Waals surface area contributed by atoms with Crippen LogP contribution >= 0.6 is 0 Å². The van der Waals surface area contributed by atoms with Crippen molar-refractivity contribution in [3.8, 4) is 0 Å². The third-order valence-electron chi connectivity index (χ3n) is 4.41. The van der Waals surface area contributed by atoms with E-state index in [0.29, 0.717) is 12.0 Å². The number of hydrogen-bond acceptors (Lipinski definition) is 2. The molecule has 4 unspecified atom stereocenters. The summed E-state index contributed by atoms with van der Waals surface area (Å²) in [6.07, 6.45) is 5.87. The molecule has 0 bridgehead atoms. The van der Waals surface area contributed by atoms with Gasteiger partial charge in [-0.05, 0) is 37.6 Å². The Morgan fingerprint density at radius 3 is 2.69 bits per heavy atom. The number of rotatable bonds is 2. The number of carbonyl (C=O) groups excluding carboxylic acids is 1. The third kappa shape index (κ3) is 2.57. The Kier molecular flexibility index (Phi) is 3.85. The molecule has 3 nitrogen and oxygen atoms in total. The second-order valence-electron chi connectivity index (χ2n) is 5.53. The van der Waals surface area contributed by atoms with Crippen molar-refractivity contribution >= 4 is 5.91 Å². The van der Waals surface area contributed by atoms with Crippen LogP contribution in [0, 0.1) is 11.8 Å². The zero-order valence-corrected chi connectivity index (χ0v) is 10.5. The second kappa shape index (κ2) is 5.17. The topological polar surface area (TPSA) is 41.1 Å². The van der Waals surface area contributed by atoms with Crippen molar-refractivity contribution in [1.29, 1.82) is 0 Å². The molecule has 2 N–H and O–H groups in total. The van der Waals surface area contributed by atoms with Gasteiger partial charge in [0.15, 0.2) is 0 Å². The fourth-order valence-corrected chi connectivity index (χ4v) is 2.98. The summed E-state index contributed by atoms with van der Waals surface area (Å²) in [6, 6.07) is 0.475. The minimum Gasteiger partial charge on any atom is -0.352 e. The lowest BCUT2D eigenvalue weighted by Crippen LogP contribution is -2.49. The van der Waals surface area contributed by atoms with E-state index >= 15 is 0 Å². The highest BCUT2D eigenvalue weighted by Crippen LogP contribution is 2.29. The second-order valence-corrected chi connectivity index (χ2v) is 5.53. The molecule has 92 valence electrons. The molecule has 2 aliphatic rings. The Hall–Kier alpha value is -0.570. The predicted octanol–water partition coefficient (Wildman–Crippen LogP) is 1.68. The smallest absolute Gasteiger partial charge is 0.237 e. The van der Waals surface area contributed by atoms with Crippen LogP contribution in [0.1, 0.15) is 46.0 Å². The van der Waals surface area contributed by atoms with E-state index in [-0.39, 0.29) is 11.9 Å². The van der Waals surface area contributed by atoms with Gasteiger partial charge in [-0.15, -0.1) is 0 Å². The maximum atomic E-state index is 12.0. The molecule has 0 spiro atoms. The van der Waals surface area contributed by atoms with Crippen LogP contribution in [0.4, 0.5) is 0 Å². The molecule has 16 heavy (non-hydrogen) atoms. The molecular formula is C13H24N2O. The largest absolute Gasteiger partial charge is 0.352 e. The number of nitrogens with one attached hydrogen (secondary N) is 2. The fourth-order valence-electron chi connectivity index (χ4n) is 2.98. The van der Waals surface area contributed by atoms with Crippen LogP contribution < -0.4 is 10.6 Å². The Balaban J connectivity index is 1.85. The Bertz CT molecular complexity index is 248. The number of amides is 1. The molecule has 0 aromatic rings. The molecule has 0 radical (unpaired) electrons. The summed E-state index contributed by atoms with van der Waals surface area (Å²) in [5.74, 6) is 1.60. The van der Waals surface area contributed by atoms with Gasteiger partial charge in [0.1, 0.15) is 0 Å².